The molecule has 0 saturated carbocycles. The Morgan fingerprint density at radius 1 is 1.22 bits per heavy atom. The van der Waals surface area contributed by atoms with Gasteiger partial charge in [-0.25, -0.2) is 4.98 Å². The molecule has 0 radical (unpaired) electrons. The summed E-state index contributed by atoms with van der Waals surface area (Å²) in [5.74, 6) is 0.143. The third kappa shape index (κ3) is 3.26. The molecule has 0 amide bonds. The monoisotopic (exact) mass is 378 g/mol. The number of hydrogen-bond donors (Lipinski definition) is 1. The van der Waals surface area contributed by atoms with Gasteiger partial charge in [-0.1, -0.05) is 12.1 Å². The summed E-state index contributed by atoms with van der Waals surface area (Å²) < 4.78 is 50.8. The van der Waals surface area contributed by atoms with Gasteiger partial charge in [0, 0.05) is 5.56 Å². The predicted molar refractivity (Wildman–Crippen MR) is 92.5 cm³/mol. The molecule has 0 unspecified atom stereocenters. The number of methoxy groups -OCH3 is 1. The molecule has 1 aliphatic heterocycles. The van der Waals surface area contributed by atoms with Crippen LogP contribution >= 0.6 is 0 Å². The van der Waals surface area contributed by atoms with E-state index < -0.39 is 17.3 Å². The molecule has 0 bridgehead atoms. The molecule has 1 aliphatic rings. The summed E-state index contributed by atoms with van der Waals surface area (Å²) in [6.07, 6.45) is -2.80. The molecular formula is C19H17F3N2O3. The normalized spacial score (nSPS) is 16.3. The molecule has 142 valence electrons. The number of rotatable bonds is 4. The molecule has 1 fully saturated rings. The van der Waals surface area contributed by atoms with Gasteiger partial charge in [0.2, 0.25) is 0 Å². The summed E-state index contributed by atoms with van der Waals surface area (Å²) in [6, 6.07) is 8.84. The molecule has 1 aromatic heterocycles. The third-order valence-electron chi connectivity index (χ3n) is 4.67. The van der Waals surface area contributed by atoms with Crippen molar-refractivity contribution in [3.8, 4) is 16.9 Å². The van der Waals surface area contributed by atoms with Crippen LogP contribution < -0.4 is 4.74 Å². The maximum absolute atomic E-state index is 12.9. The molecule has 0 aliphatic carbocycles. The van der Waals surface area contributed by atoms with E-state index in [0.29, 0.717) is 23.2 Å². The zero-order valence-electron chi connectivity index (χ0n) is 14.5. The fraction of sp³-hybridized carbons (Fsp3) is 0.316. The topological polar surface area (TPSA) is 56.5 Å². The van der Waals surface area contributed by atoms with Crippen molar-refractivity contribution in [2.45, 2.75) is 18.3 Å². The van der Waals surface area contributed by atoms with Crippen molar-refractivity contribution < 1.29 is 27.8 Å². The van der Waals surface area contributed by atoms with Crippen LogP contribution in [0.15, 0.2) is 42.7 Å². The van der Waals surface area contributed by atoms with Gasteiger partial charge in [-0.3, -0.25) is 0 Å². The number of hydrogen-bond acceptors (Lipinski definition) is 4. The van der Waals surface area contributed by atoms with Gasteiger partial charge in [-0.05, 0) is 29.8 Å². The molecule has 8 heteroatoms. The van der Waals surface area contributed by atoms with E-state index in [4.69, 9.17) is 9.47 Å². The first-order valence-corrected chi connectivity index (χ1v) is 8.30. The Balaban J connectivity index is 1.70. The number of nitrogens with zero attached hydrogens (tertiary/aromatic N) is 2. The van der Waals surface area contributed by atoms with Crippen LogP contribution in [-0.4, -0.2) is 40.6 Å². The molecule has 0 spiro atoms. The average molecular weight is 378 g/mol. The lowest BCUT2D eigenvalue weighted by molar-refractivity contribution is -0.184. The van der Waals surface area contributed by atoms with Crippen molar-refractivity contribution in [1.29, 1.82) is 0 Å². The van der Waals surface area contributed by atoms with Crippen LogP contribution in [-0.2, 0) is 17.5 Å². The number of imidazole rings is 1. The fourth-order valence-electron chi connectivity index (χ4n) is 3.21. The highest BCUT2D eigenvalue weighted by atomic mass is 19.4. The smallest absolute Gasteiger partial charge is 0.416 e. The van der Waals surface area contributed by atoms with E-state index in [1.54, 1.807) is 18.5 Å². The van der Waals surface area contributed by atoms with E-state index in [0.717, 1.165) is 17.6 Å². The second-order valence-electron chi connectivity index (χ2n) is 6.71. The van der Waals surface area contributed by atoms with Crippen molar-refractivity contribution in [3.63, 3.8) is 0 Å². The lowest BCUT2D eigenvalue weighted by Gasteiger charge is -2.36. The van der Waals surface area contributed by atoms with Crippen LogP contribution in [0.3, 0.4) is 0 Å². The Bertz CT molecular complexity index is 994. The first-order valence-electron chi connectivity index (χ1n) is 8.30. The van der Waals surface area contributed by atoms with Crippen LogP contribution in [0.4, 0.5) is 13.2 Å². The highest BCUT2D eigenvalue weighted by Crippen LogP contribution is 2.37. The molecular weight excluding hydrogens is 361 g/mol. The molecule has 3 aromatic rings. The number of aromatic nitrogens is 2. The number of aliphatic hydroxyl groups is 1. The van der Waals surface area contributed by atoms with E-state index in [1.807, 2.05) is 10.6 Å². The average Bonchev–Trinajstić information content (AvgIpc) is 3.01. The van der Waals surface area contributed by atoms with E-state index in [-0.39, 0.29) is 19.0 Å². The fourth-order valence-corrected chi connectivity index (χ4v) is 3.21. The first-order chi connectivity index (χ1) is 12.8. The van der Waals surface area contributed by atoms with Gasteiger partial charge in [0.05, 0.1) is 49.8 Å². The van der Waals surface area contributed by atoms with E-state index >= 15 is 0 Å². The maximum Gasteiger partial charge on any atom is 0.416 e. The first kappa shape index (κ1) is 17.8. The van der Waals surface area contributed by atoms with Crippen molar-refractivity contribution in [2.75, 3.05) is 20.3 Å². The molecule has 5 nitrogen and oxygen atoms in total. The van der Waals surface area contributed by atoms with Crippen molar-refractivity contribution in [3.05, 3.63) is 48.3 Å². The summed E-state index contributed by atoms with van der Waals surface area (Å²) >= 11 is 0. The van der Waals surface area contributed by atoms with E-state index in [1.165, 1.54) is 13.2 Å². The molecule has 4 rings (SSSR count). The summed E-state index contributed by atoms with van der Waals surface area (Å²) in [7, 11) is 1.34. The molecule has 2 aromatic carbocycles. The zero-order chi connectivity index (χ0) is 19.2. The summed E-state index contributed by atoms with van der Waals surface area (Å²) in [6.45, 7) is 0.938. The van der Waals surface area contributed by atoms with Crippen LogP contribution in [0.2, 0.25) is 0 Å². The van der Waals surface area contributed by atoms with Crippen molar-refractivity contribution in [2.24, 2.45) is 0 Å². The molecule has 1 saturated heterocycles. The highest BCUT2D eigenvalue weighted by Gasteiger charge is 2.36. The summed E-state index contributed by atoms with van der Waals surface area (Å²) in [5.41, 5.74) is 1.10. The van der Waals surface area contributed by atoms with E-state index in [2.05, 4.69) is 4.98 Å². The number of benzene rings is 2. The molecule has 2 heterocycles. The number of alkyl halides is 3. The van der Waals surface area contributed by atoms with Crippen molar-refractivity contribution in [1.82, 2.24) is 9.55 Å². The quantitative estimate of drug-likeness (QED) is 0.755. The van der Waals surface area contributed by atoms with Gasteiger partial charge in [0.1, 0.15) is 11.4 Å². The Morgan fingerprint density at radius 2 is 2.00 bits per heavy atom. The minimum Gasteiger partial charge on any atom is -0.496 e. The minimum absolute atomic E-state index is 0.143. The zero-order valence-corrected chi connectivity index (χ0v) is 14.5. The lowest BCUT2D eigenvalue weighted by atomic mass is 10.0. The Hall–Kier alpha value is -2.58. The standard InChI is InChI=1S/C19H17F3N2O3/c1-26-17-7-13(19(20,21)22)3-4-14(17)12-2-5-16-15(6-12)23-11-24(16)8-18(25)9-27-10-18/h2-7,11,25H,8-10H2,1H3. The van der Waals surface area contributed by atoms with Gasteiger partial charge in [-0.15, -0.1) is 0 Å². The molecule has 1 N–H and O–H groups in total. The van der Waals surface area contributed by atoms with Crippen LogP contribution in [0.1, 0.15) is 5.56 Å². The highest BCUT2D eigenvalue weighted by molar-refractivity contribution is 5.84. The Morgan fingerprint density at radius 3 is 2.63 bits per heavy atom. The van der Waals surface area contributed by atoms with Crippen molar-refractivity contribution >= 4 is 11.0 Å². The minimum atomic E-state index is -4.43. The third-order valence-corrected chi connectivity index (χ3v) is 4.67. The maximum atomic E-state index is 12.9. The predicted octanol–water partition coefficient (Wildman–Crippen LogP) is 3.49. The Labute approximate surface area is 153 Å². The summed E-state index contributed by atoms with van der Waals surface area (Å²) in [4.78, 5) is 4.35. The Kier molecular flexibility index (Phi) is 4.12. The SMILES string of the molecule is COc1cc(C(F)(F)F)ccc1-c1ccc2c(c1)ncn2CC1(O)COC1. The number of ether oxygens (including phenoxy) is 2. The van der Waals surface area contributed by atoms with Gasteiger partial charge >= 0.3 is 6.18 Å². The number of halogens is 3. The second kappa shape index (κ2) is 6.24. The number of fused-ring (bicyclic) bond motifs is 1. The van der Waals surface area contributed by atoms with E-state index in [9.17, 15) is 18.3 Å². The van der Waals surface area contributed by atoms with Crippen LogP contribution in [0.25, 0.3) is 22.2 Å². The van der Waals surface area contributed by atoms with Gasteiger partial charge < -0.3 is 19.1 Å². The second-order valence-corrected chi connectivity index (χ2v) is 6.71. The summed E-state index contributed by atoms with van der Waals surface area (Å²) in [5, 5.41) is 10.3. The molecule has 27 heavy (non-hydrogen) atoms. The molecule has 0 atom stereocenters. The van der Waals surface area contributed by atoms with Gasteiger partial charge in [-0.2, -0.15) is 13.2 Å². The largest absolute Gasteiger partial charge is 0.496 e. The van der Waals surface area contributed by atoms with Gasteiger partial charge in [0.15, 0.2) is 0 Å². The van der Waals surface area contributed by atoms with Gasteiger partial charge in [0.25, 0.3) is 0 Å². The lowest BCUT2D eigenvalue weighted by Crippen LogP contribution is -2.52. The van der Waals surface area contributed by atoms with Crippen LogP contribution in [0, 0.1) is 0 Å². The van der Waals surface area contributed by atoms with Crippen LogP contribution in [0.5, 0.6) is 5.75 Å².